The maximum atomic E-state index is 10.8. The van der Waals surface area contributed by atoms with Gasteiger partial charge in [0.2, 0.25) is 20.8 Å². The second-order valence-electron chi connectivity index (χ2n) is 19.6. The summed E-state index contributed by atoms with van der Waals surface area (Å²) in [5.74, 6) is 0.0392. The molecular weight excluding hydrogens is 905 g/mol. The van der Waals surface area contributed by atoms with Crippen LogP contribution in [0.5, 0.6) is 0 Å². The minimum absolute atomic E-state index is 0. The summed E-state index contributed by atoms with van der Waals surface area (Å²) < 4.78 is 74.1. The number of unbranched alkanes of at least 4 members (excludes halogenated alkanes) is 38. The van der Waals surface area contributed by atoms with Crippen molar-refractivity contribution in [3.8, 4) is 0 Å². The van der Waals surface area contributed by atoms with E-state index >= 15 is 0 Å². The molecular formula is C56H110CaO8S2. The summed E-state index contributed by atoms with van der Waals surface area (Å²) in [6.07, 6.45) is 64.6. The molecule has 0 saturated carbocycles. The van der Waals surface area contributed by atoms with Gasteiger partial charge in [0.25, 0.3) is 0 Å². The van der Waals surface area contributed by atoms with Crippen LogP contribution in [0.1, 0.15) is 310 Å². The zero-order valence-corrected chi connectivity index (χ0v) is 48.6. The predicted octanol–water partition coefficient (Wildman–Crippen LogP) is 18.1. The van der Waals surface area contributed by atoms with Gasteiger partial charge in [0.1, 0.15) is 0 Å². The van der Waals surface area contributed by atoms with Crippen LogP contribution < -0.4 is 0 Å². The van der Waals surface area contributed by atoms with Gasteiger partial charge in [-0.3, -0.25) is 8.37 Å². The molecule has 0 saturated heterocycles. The topological polar surface area (TPSA) is 133 Å². The maximum absolute atomic E-state index is 10.8. The summed E-state index contributed by atoms with van der Waals surface area (Å²) >= 11 is 0. The second kappa shape index (κ2) is 57.4. The summed E-state index contributed by atoms with van der Waals surface area (Å²) in [5.41, 5.74) is 0. The first-order valence-electron chi connectivity index (χ1n) is 28.5. The molecule has 0 aromatic rings. The molecule has 11 heteroatoms. The van der Waals surface area contributed by atoms with Crippen molar-refractivity contribution in [1.82, 2.24) is 0 Å². The molecule has 0 fully saturated rings. The van der Waals surface area contributed by atoms with Crippen LogP contribution in [0.15, 0.2) is 24.3 Å². The zero-order chi connectivity index (χ0) is 48.9. The van der Waals surface area contributed by atoms with Crippen molar-refractivity contribution >= 4 is 58.5 Å². The van der Waals surface area contributed by atoms with Gasteiger partial charge < -0.3 is 9.11 Å². The Morgan fingerprint density at radius 3 is 0.731 bits per heavy atom. The van der Waals surface area contributed by atoms with Crippen molar-refractivity contribution in [2.45, 2.75) is 310 Å². The minimum atomic E-state index is -4.61. The van der Waals surface area contributed by atoms with Crippen LogP contribution in [0.3, 0.4) is 0 Å². The fourth-order valence-corrected chi connectivity index (χ4v) is 9.36. The first-order valence-corrected chi connectivity index (χ1v) is 31.2. The summed E-state index contributed by atoms with van der Waals surface area (Å²) in [4.78, 5) is 0. The van der Waals surface area contributed by atoms with Crippen molar-refractivity contribution in [2.24, 2.45) is 11.8 Å². The monoisotopic (exact) mass is 1010 g/mol. The Labute approximate surface area is 448 Å². The Morgan fingerprint density at radius 2 is 0.522 bits per heavy atom. The number of rotatable bonds is 52. The van der Waals surface area contributed by atoms with Crippen molar-refractivity contribution in [3.63, 3.8) is 0 Å². The molecule has 0 aromatic heterocycles. The quantitative estimate of drug-likeness (QED) is 0.0193. The van der Waals surface area contributed by atoms with E-state index in [1.54, 1.807) is 0 Å². The van der Waals surface area contributed by atoms with Crippen molar-refractivity contribution in [2.75, 3.05) is 13.2 Å². The van der Waals surface area contributed by atoms with Crippen LogP contribution in [0.4, 0.5) is 0 Å². The molecule has 8 nitrogen and oxygen atoms in total. The zero-order valence-electron chi connectivity index (χ0n) is 44.8. The van der Waals surface area contributed by atoms with E-state index in [1.165, 1.54) is 244 Å². The van der Waals surface area contributed by atoms with Crippen LogP contribution in [0.2, 0.25) is 0 Å². The third-order valence-corrected chi connectivity index (χ3v) is 13.8. The van der Waals surface area contributed by atoms with E-state index in [-0.39, 0.29) is 62.8 Å². The molecule has 0 aromatic carbocycles. The van der Waals surface area contributed by atoms with E-state index in [4.69, 9.17) is 0 Å². The molecule has 396 valence electrons. The molecule has 0 amide bonds. The van der Waals surface area contributed by atoms with Gasteiger partial charge in [-0.15, -0.1) is 0 Å². The fraction of sp³-hybridized carbons (Fsp3) is 0.929. The molecule has 0 aliphatic heterocycles. The van der Waals surface area contributed by atoms with Crippen LogP contribution in [0.25, 0.3) is 0 Å². The molecule has 0 aliphatic carbocycles. The van der Waals surface area contributed by atoms with Crippen molar-refractivity contribution in [1.29, 1.82) is 0 Å². The molecule has 0 radical (unpaired) electrons. The average molecular weight is 1020 g/mol. The molecule has 2 unspecified atom stereocenters. The minimum Gasteiger partial charge on any atom is -0.726 e. The first kappa shape index (κ1) is 71.7. The Hall–Kier alpha value is 0.480. The van der Waals surface area contributed by atoms with E-state index in [1.807, 2.05) is 0 Å². The molecule has 0 aliphatic rings. The number of hydrogen-bond donors (Lipinski definition) is 0. The summed E-state index contributed by atoms with van der Waals surface area (Å²) in [6, 6.07) is 0. The summed E-state index contributed by atoms with van der Waals surface area (Å²) in [6.45, 7) is 8.96. The Kier molecular flexibility index (Phi) is 61.4. The van der Waals surface area contributed by atoms with Gasteiger partial charge >= 0.3 is 37.7 Å². The molecule has 2 atom stereocenters. The Bertz CT molecular complexity index is 1130. The van der Waals surface area contributed by atoms with Gasteiger partial charge in [-0.05, 0) is 38.5 Å². The van der Waals surface area contributed by atoms with Crippen LogP contribution in [-0.2, 0) is 29.2 Å². The van der Waals surface area contributed by atoms with Crippen LogP contribution >= 0.6 is 0 Å². The van der Waals surface area contributed by atoms with Gasteiger partial charge in [0.05, 0.1) is 13.2 Å². The Balaban J connectivity index is -0.00000120. The smallest absolute Gasteiger partial charge is 0.726 e. The maximum Gasteiger partial charge on any atom is 2.00 e. The van der Waals surface area contributed by atoms with E-state index in [0.717, 1.165) is 38.5 Å². The van der Waals surface area contributed by atoms with Gasteiger partial charge in [0.15, 0.2) is 0 Å². The summed E-state index contributed by atoms with van der Waals surface area (Å²) in [5, 5.41) is 0. The average Bonchev–Trinajstić information content (AvgIpc) is 3.28. The number of hydrogen-bond acceptors (Lipinski definition) is 8. The normalized spacial score (nSPS) is 13.0. The first-order chi connectivity index (χ1) is 32.0. The molecule has 0 heterocycles. The number of allylic oxidation sites excluding steroid dienone is 2. The Morgan fingerprint density at radius 1 is 0.328 bits per heavy atom. The third-order valence-electron chi connectivity index (χ3n) is 13.0. The van der Waals surface area contributed by atoms with Crippen LogP contribution in [-0.4, -0.2) is 76.9 Å². The molecule has 0 rings (SSSR count). The second-order valence-corrected chi connectivity index (χ2v) is 21.7. The fourth-order valence-electron chi connectivity index (χ4n) is 8.68. The van der Waals surface area contributed by atoms with Gasteiger partial charge in [-0.2, -0.15) is 0 Å². The standard InChI is InChI=1S/2C28H56O4S.Ca/c2*1-3-5-7-9-11-13-14-15-16-17-18-20-22-24-26-28(27-32-33(29,30)31)25-23-21-19-12-10-8-6-4-2;/h2*23,25,28H,3-22,24,26-27H2,1-2H3,(H,29,30,31);/q;;+2/p-2/b2*25-23+;. The molecule has 0 N–H and O–H groups in total. The van der Waals surface area contributed by atoms with E-state index < -0.39 is 20.8 Å². The predicted molar refractivity (Wildman–Crippen MR) is 288 cm³/mol. The summed E-state index contributed by atoms with van der Waals surface area (Å²) in [7, 11) is -9.22. The van der Waals surface area contributed by atoms with E-state index in [9.17, 15) is 25.9 Å². The largest absolute Gasteiger partial charge is 2.00 e. The van der Waals surface area contributed by atoms with Crippen molar-refractivity contribution < 1.29 is 34.3 Å². The van der Waals surface area contributed by atoms with E-state index in [0.29, 0.717) is 0 Å². The van der Waals surface area contributed by atoms with Crippen LogP contribution in [0, 0.1) is 11.8 Å². The SMILES string of the molecule is CCCCCCCC/C=C/C(CCCCCCCCCCCCCCCC)COS(=O)(=O)[O-].CCCCCCCC/C=C/C(CCCCCCCCCCCCCCCC)COS(=O)(=O)[O-].[Ca+2]. The molecule has 67 heavy (non-hydrogen) atoms. The molecule has 0 spiro atoms. The van der Waals surface area contributed by atoms with Gasteiger partial charge in [0, 0.05) is 11.8 Å². The van der Waals surface area contributed by atoms with Gasteiger partial charge in [-0.1, -0.05) is 296 Å². The third kappa shape index (κ3) is 66.5. The molecule has 0 bridgehead atoms. The van der Waals surface area contributed by atoms with Gasteiger partial charge in [-0.25, -0.2) is 16.8 Å². The van der Waals surface area contributed by atoms with Crippen molar-refractivity contribution in [3.05, 3.63) is 24.3 Å². The van der Waals surface area contributed by atoms with E-state index in [2.05, 4.69) is 60.4 Å².